The maximum absolute atomic E-state index is 11.5. The zero-order valence-corrected chi connectivity index (χ0v) is 11.8. The zero-order chi connectivity index (χ0) is 13.6. The molecule has 1 aromatic rings. The van der Waals surface area contributed by atoms with E-state index < -0.39 is 9.84 Å². The van der Waals surface area contributed by atoms with Gasteiger partial charge in [-0.3, -0.25) is 0 Å². The Morgan fingerprint density at radius 2 is 2.37 bits per heavy atom. The quantitative estimate of drug-likeness (QED) is 0.767. The maximum Gasteiger partial charge on any atom is 0.151 e. The van der Waals surface area contributed by atoms with Gasteiger partial charge in [0.05, 0.1) is 17.8 Å². The summed E-state index contributed by atoms with van der Waals surface area (Å²) in [6.07, 6.45) is 4.22. The Balaban J connectivity index is 1.52. The normalized spacial score (nSPS) is 22.4. The highest BCUT2D eigenvalue weighted by Gasteiger charge is 2.23. The van der Waals surface area contributed by atoms with Crippen LogP contribution < -0.4 is 5.32 Å². The first-order valence-electron chi connectivity index (χ1n) is 6.70. The molecular weight excluding hydrogens is 266 g/mol. The Kier molecular flexibility index (Phi) is 5.42. The lowest BCUT2D eigenvalue weighted by molar-refractivity contribution is 0.103. The van der Waals surface area contributed by atoms with E-state index in [1.165, 1.54) is 0 Å². The molecule has 108 valence electrons. The van der Waals surface area contributed by atoms with Gasteiger partial charge in [0.15, 0.2) is 9.84 Å². The van der Waals surface area contributed by atoms with Crippen molar-refractivity contribution < 1.29 is 17.6 Å². The Hall–Kier alpha value is -0.850. The minimum absolute atomic E-state index is 0.115. The van der Waals surface area contributed by atoms with Crippen molar-refractivity contribution in [2.45, 2.75) is 31.9 Å². The largest absolute Gasteiger partial charge is 0.467 e. The summed E-state index contributed by atoms with van der Waals surface area (Å²) in [6.45, 7) is 1.93. The molecule has 1 fully saturated rings. The summed E-state index contributed by atoms with van der Waals surface area (Å²) in [6, 6.07) is 3.83. The Morgan fingerprint density at radius 3 is 3.11 bits per heavy atom. The monoisotopic (exact) mass is 287 g/mol. The third-order valence-electron chi connectivity index (χ3n) is 3.19. The van der Waals surface area contributed by atoms with Gasteiger partial charge in [0, 0.05) is 12.6 Å². The van der Waals surface area contributed by atoms with E-state index in [0.29, 0.717) is 19.0 Å². The molecule has 0 aromatic carbocycles. The molecule has 0 bridgehead atoms. The fourth-order valence-electron chi connectivity index (χ4n) is 2.23. The van der Waals surface area contributed by atoms with Gasteiger partial charge in [-0.05, 0) is 37.9 Å². The molecule has 1 aliphatic rings. The first kappa shape index (κ1) is 14.6. The smallest absolute Gasteiger partial charge is 0.151 e. The van der Waals surface area contributed by atoms with Gasteiger partial charge in [-0.1, -0.05) is 0 Å². The SMILES string of the molecule is O=S1(=O)CCCC(NCCCOCc2ccco2)C1. The molecule has 1 saturated heterocycles. The summed E-state index contributed by atoms with van der Waals surface area (Å²) < 4.78 is 33.5. The molecule has 1 N–H and O–H groups in total. The average Bonchev–Trinajstić information content (AvgIpc) is 2.85. The van der Waals surface area contributed by atoms with Crippen molar-refractivity contribution in [3.63, 3.8) is 0 Å². The van der Waals surface area contributed by atoms with Crippen LogP contribution in [0, 0.1) is 0 Å². The first-order chi connectivity index (χ1) is 9.16. The second-order valence-corrected chi connectivity index (χ2v) is 7.12. The van der Waals surface area contributed by atoms with Crippen LogP contribution in [0.5, 0.6) is 0 Å². The second-order valence-electron chi connectivity index (χ2n) is 4.89. The highest BCUT2D eigenvalue weighted by atomic mass is 32.2. The van der Waals surface area contributed by atoms with Crippen molar-refractivity contribution in [2.24, 2.45) is 0 Å². The third-order valence-corrected chi connectivity index (χ3v) is 5.01. The van der Waals surface area contributed by atoms with Gasteiger partial charge in [0.25, 0.3) is 0 Å². The van der Waals surface area contributed by atoms with E-state index in [-0.39, 0.29) is 11.8 Å². The maximum atomic E-state index is 11.5. The van der Waals surface area contributed by atoms with E-state index >= 15 is 0 Å². The van der Waals surface area contributed by atoms with Crippen LogP contribution in [0.25, 0.3) is 0 Å². The van der Waals surface area contributed by atoms with Gasteiger partial charge in [-0.25, -0.2) is 8.42 Å². The molecule has 0 amide bonds. The van der Waals surface area contributed by atoms with Crippen LogP contribution in [0.3, 0.4) is 0 Å². The van der Waals surface area contributed by atoms with E-state index in [1.807, 2.05) is 12.1 Å². The van der Waals surface area contributed by atoms with Gasteiger partial charge in [0.2, 0.25) is 0 Å². The van der Waals surface area contributed by atoms with Crippen molar-refractivity contribution in [3.05, 3.63) is 24.2 Å². The van der Waals surface area contributed by atoms with Crippen molar-refractivity contribution in [1.29, 1.82) is 0 Å². The summed E-state index contributed by atoms with van der Waals surface area (Å²) in [5.41, 5.74) is 0. The summed E-state index contributed by atoms with van der Waals surface area (Å²) in [7, 11) is -2.82. The summed E-state index contributed by atoms with van der Waals surface area (Å²) in [5, 5.41) is 3.29. The molecule has 19 heavy (non-hydrogen) atoms. The predicted octanol–water partition coefficient (Wildman–Crippen LogP) is 1.35. The second kappa shape index (κ2) is 7.07. The number of rotatable bonds is 7. The van der Waals surface area contributed by atoms with E-state index in [0.717, 1.165) is 31.6 Å². The van der Waals surface area contributed by atoms with Gasteiger partial charge in [-0.15, -0.1) is 0 Å². The molecule has 1 aromatic heterocycles. The Morgan fingerprint density at radius 1 is 1.47 bits per heavy atom. The van der Waals surface area contributed by atoms with Crippen LogP contribution in [0.4, 0.5) is 0 Å². The average molecular weight is 287 g/mol. The van der Waals surface area contributed by atoms with Crippen LogP contribution in [-0.2, 0) is 21.2 Å². The lowest BCUT2D eigenvalue weighted by Crippen LogP contribution is -2.40. The van der Waals surface area contributed by atoms with E-state index in [9.17, 15) is 8.42 Å². The number of hydrogen-bond acceptors (Lipinski definition) is 5. The molecule has 0 aliphatic carbocycles. The van der Waals surface area contributed by atoms with Gasteiger partial charge in [0.1, 0.15) is 12.4 Å². The molecule has 5 nitrogen and oxygen atoms in total. The summed E-state index contributed by atoms with van der Waals surface area (Å²) in [4.78, 5) is 0. The number of hydrogen-bond donors (Lipinski definition) is 1. The summed E-state index contributed by atoms with van der Waals surface area (Å²) >= 11 is 0. The van der Waals surface area contributed by atoms with E-state index in [4.69, 9.17) is 9.15 Å². The minimum atomic E-state index is -2.82. The molecule has 1 aliphatic heterocycles. The summed E-state index contributed by atoms with van der Waals surface area (Å²) in [5.74, 6) is 1.45. The molecule has 0 radical (unpaired) electrons. The standard InChI is InChI=1S/C13H21NO4S/c15-19(16)9-2-4-12(11-19)14-6-3-7-17-10-13-5-1-8-18-13/h1,5,8,12,14H,2-4,6-7,9-11H2. The molecule has 2 heterocycles. The molecule has 2 rings (SSSR count). The third kappa shape index (κ3) is 5.34. The van der Waals surface area contributed by atoms with Gasteiger partial charge in [-0.2, -0.15) is 0 Å². The van der Waals surface area contributed by atoms with Gasteiger partial charge < -0.3 is 14.5 Å². The van der Waals surface area contributed by atoms with Crippen LogP contribution >= 0.6 is 0 Å². The fraction of sp³-hybridized carbons (Fsp3) is 0.692. The van der Waals surface area contributed by atoms with Crippen molar-refractivity contribution in [3.8, 4) is 0 Å². The minimum Gasteiger partial charge on any atom is -0.467 e. The highest BCUT2D eigenvalue weighted by molar-refractivity contribution is 7.91. The first-order valence-corrected chi connectivity index (χ1v) is 8.52. The Labute approximate surface area is 114 Å². The zero-order valence-electron chi connectivity index (χ0n) is 11.0. The van der Waals surface area contributed by atoms with Crippen molar-refractivity contribution in [2.75, 3.05) is 24.7 Å². The van der Waals surface area contributed by atoms with E-state index in [2.05, 4.69) is 5.32 Å². The number of furan rings is 1. The molecule has 1 unspecified atom stereocenters. The lowest BCUT2D eigenvalue weighted by Gasteiger charge is -2.23. The number of sulfone groups is 1. The molecular formula is C13H21NO4S. The fourth-order valence-corrected chi connectivity index (χ4v) is 3.90. The van der Waals surface area contributed by atoms with Crippen LogP contribution in [0.15, 0.2) is 22.8 Å². The van der Waals surface area contributed by atoms with Crippen molar-refractivity contribution in [1.82, 2.24) is 5.32 Å². The molecule has 1 atom stereocenters. The molecule has 0 spiro atoms. The van der Waals surface area contributed by atoms with Crippen LogP contribution in [0.1, 0.15) is 25.0 Å². The Bertz CT molecular complexity index is 455. The van der Waals surface area contributed by atoms with Crippen molar-refractivity contribution >= 4 is 9.84 Å². The topological polar surface area (TPSA) is 68.5 Å². The molecule has 6 heteroatoms. The van der Waals surface area contributed by atoms with E-state index in [1.54, 1.807) is 6.26 Å². The number of ether oxygens (including phenoxy) is 1. The predicted molar refractivity (Wildman–Crippen MR) is 72.7 cm³/mol. The van der Waals surface area contributed by atoms with Crippen LogP contribution in [-0.4, -0.2) is 39.1 Å². The van der Waals surface area contributed by atoms with Gasteiger partial charge >= 0.3 is 0 Å². The molecule has 0 saturated carbocycles. The number of nitrogens with one attached hydrogen (secondary N) is 1. The highest BCUT2D eigenvalue weighted by Crippen LogP contribution is 2.11. The van der Waals surface area contributed by atoms with Crippen LogP contribution in [0.2, 0.25) is 0 Å². The lowest BCUT2D eigenvalue weighted by atomic mass is 10.2.